The van der Waals surface area contributed by atoms with Crippen LogP contribution >= 0.6 is 28.1 Å². The van der Waals surface area contributed by atoms with Crippen molar-refractivity contribution in [3.05, 3.63) is 64.7 Å². The number of rotatable bonds is 7. The molecule has 0 spiro atoms. The molecule has 0 aliphatic rings. The average molecular weight is 449 g/mol. The molecule has 2 N–H and O–H groups in total. The third-order valence-corrected chi connectivity index (χ3v) is 3.99. The summed E-state index contributed by atoms with van der Waals surface area (Å²) in [5.74, 6) is 0.825. The minimum Gasteiger partial charge on any atom is -0.493 e. The number of hydrogen-bond acceptors (Lipinski definition) is 4. The lowest BCUT2D eigenvalue weighted by atomic mass is 10.2. The number of anilines is 1. The minimum atomic E-state index is -0.355. The molecule has 0 aromatic heterocycles. The Morgan fingerprint density at radius 2 is 2.00 bits per heavy atom. The monoisotopic (exact) mass is 448 g/mol. The van der Waals surface area contributed by atoms with E-state index < -0.39 is 0 Å². The minimum absolute atomic E-state index is 0.180. The molecule has 5 nitrogen and oxygen atoms in total. The topological polar surface area (TPSA) is 59.6 Å². The maximum absolute atomic E-state index is 12.6. The summed E-state index contributed by atoms with van der Waals surface area (Å²) in [5.41, 5.74) is 2.03. The normalized spacial score (nSPS) is 10.0. The fourth-order valence-electron chi connectivity index (χ4n) is 2.16. The maximum atomic E-state index is 12.6. The van der Waals surface area contributed by atoms with Crippen molar-refractivity contribution in [3.63, 3.8) is 0 Å². The fourth-order valence-corrected chi connectivity index (χ4v) is 2.74. The highest BCUT2D eigenvalue weighted by Crippen LogP contribution is 2.23. The van der Waals surface area contributed by atoms with Gasteiger partial charge in [0.1, 0.15) is 18.1 Å². The quantitative estimate of drug-likeness (QED) is 0.464. The van der Waals surface area contributed by atoms with E-state index in [0.29, 0.717) is 36.0 Å². The van der Waals surface area contributed by atoms with E-state index in [1.54, 1.807) is 18.2 Å². The molecule has 0 bridgehead atoms. The number of halogens is 1. The van der Waals surface area contributed by atoms with E-state index in [1.165, 1.54) is 0 Å². The van der Waals surface area contributed by atoms with Crippen molar-refractivity contribution < 1.29 is 14.3 Å². The summed E-state index contributed by atoms with van der Waals surface area (Å²) in [7, 11) is 0. The van der Waals surface area contributed by atoms with Gasteiger partial charge in [-0.05, 0) is 62.0 Å². The summed E-state index contributed by atoms with van der Waals surface area (Å²) >= 11 is 8.62. The van der Waals surface area contributed by atoms with Crippen LogP contribution in [0, 0.1) is 0 Å². The van der Waals surface area contributed by atoms with E-state index in [-0.39, 0.29) is 11.0 Å². The van der Waals surface area contributed by atoms with Crippen LogP contribution in [-0.2, 0) is 0 Å². The molecule has 0 saturated carbocycles. The van der Waals surface area contributed by atoms with Crippen LogP contribution in [0.1, 0.15) is 24.2 Å². The second-order valence-corrected chi connectivity index (χ2v) is 7.08. The molecule has 2 aromatic rings. The first-order valence-electron chi connectivity index (χ1n) is 8.31. The Morgan fingerprint density at radius 1 is 1.22 bits per heavy atom. The SMILES string of the molecule is C=C(C)COc1cccc(NC(=S)NC(=O)c2cc(Br)ccc2OCC)c1. The Hall–Kier alpha value is -2.38. The van der Waals surface area contributed by atoms with E-state index in [0.717, 1.165) is 10.0 Å². The Morgan fingerprint density at radius 3 is 2.70 bits per heavy atom. The molecular formula is C20H21BrN2O3S. The zero-order valence-corrected chi connectivity index (χ0v) is 17.6. The lowest BCUT2D eigenvalue weighted by Gasteiger charge is -2.13. The van der Waals surface area contributed by atoms with Crippen LogP contribution in [0.15, 0.2) is 59.1 Å². The number of amides is 1. The molecule has 0 unspecified atom stereocenters. The average Bonchev–Trinajstić information content (AvgIpc) is 2.61. The van der Waals surface area contributed by atoms with Gasteiger partial charge in [0.15, 0.2) is 5.11 Å². The van der Waals surface area contributed by atoms with E-state index in [4.69, 9.17) is 21.7 Å². The third kappa shape index (κ3) is 6.69. The fraction of sp³-hybridized carbons (Fsp3) is 0.200. The second kappa shape index (κ2) is 10.1. The van der Waals surface area contributed by atoms with E-state index in [9.17, 15) is 4.79 Å². The maximum Gasteiger partial charge on any atom is 0.261 e. The van der Waals surface area contributed by atoms with Crippen molar-refractivity contribution in [2.45, 2.75) is 13.8 Å². The molecule has 0 atom stereocenters. The number of carbonyl (C=O) groups is 1. The molecule has 1 amide bonds. The highest BCUT2D eigenvalue weighted by Gasteiger charge is 2.14. The Bertz CT molecular complexity index is 855. The second-order valence-electron chi connectivity index (χ2n) is 5.76. The summed E-state index contributed by atoms with van der Waals surface area (Å²) in [5, 5.41) is 5.83. The number of ether oxygens (including phenoxy) is 2. The molecule has 142 valence electrons. The van der Waals surface area contributed by atoms with E-state index in [1.807, 2.05) is 38.1 Å². The molecule has 2 rings (SSSR count). The first kappa shape index (κ1) is 20.9. The van der Waals surface area contributed by atoms with Crippen LogP contribution in [0.25, 0.3) is 0 Å². The van der Waals surface area contributed by atoms with Crippen LogP contribution < -0.4 is 20.1 Å². The highest BCUT2D eigenvalue weighted by atomic mass is 79.9. The van der Waals surface area contributed by atoms with Gasteiger partial charge >= 0.3 is 0 Å². The van der Waals surface area contributed by atoms with Crippen molar-refractivity contribution >= 4 is 44.9 Å². The van der Waals surface area contributed by atoms with Gasteiger partial charge in [0.25, 0.3) is 5.91 Å². The molecule has 0 saturated heterocycles. The number of carbonyl (C=O) groups excluding carboxylic acids is 1. The van der Waals surface area contributed by atoms with Gasteiger partial charge in [-0.15, -0.1) is 0 Å². The molecular weight excluding hydrogens is 428 g/mol. The number of thiocarbonyl (C=S) groups is 1. The van der Waals surface area contributed by atoms with Gasteiger partial charge in [-0.1, -0.05) is 28.6 Å². The van der Waals surface area contributed by atoms with Gasteiger partial charge in [-0.25, -0.2) is 0 Å². The van der Waals surface area contributed by atoms with Crippen LogP contribution in [0.2, 0.25) is 0 Å². The number of benzene rings is 2. The Kier molecular flexibility index (Phi) is 7.82. The van der Waals surface area contributed by atoms with Crippen molar-refractivity contribution in [2.75, 3.05) is 18.5 Å². The standard InChI is InChI=1S/C20H21BrN2O3S/c1-4-25-18-9-8-14(21)10-17(18)19(24)23-20(27)22-15-6-5-7-16(11-15)26-12-13(2)3/h5-11H,2,4,12H2,1,3H3,(H2,22,23,24,27). The van der Waals surface area contributed by atoms with Crippen LogP contribution in [0.4, 0.5) is 5.69 Å². The molecule has 0 aliphatic heterocycles. The van der Waals surface area contributed by atoms with Crippen molar-refractivity contribution in [3.8, 4) is 11.5 Å². The lowest BCUT2D eigenvalue weighted by Crippen LogP contribution is -2.34. The largest absolute Gasteiger partial charge is 0.493 e. The summed E-state index contributed by atoms with van der Waals surface area (Å²) in [4.78, 5) is 12.6. The molecule has 7 heteroatoms. The van der Waals surface area contributed by atoms with Gasteiger partial charge in [-0.2, -0.15) is 0 Å². The summed E-state index contributed by atoms with van der Waals surface area (Å²) < 4.78 is 11.9. The number of hydrogen-bond donors (Lipinski definition) is 2. The lowest BCUT2D eigenvalue weighted by molar-refractivity contribution is 0.0974. The summed E-state index contributed by atoms with van der Waals surface area (Å²) in [6, 6.07) is 12.5. The van der Waals surface area contributed by atoms with Gasteiger partial charge in [0.2, 0.25) is 0 Å². The zero-order valence-electron chi connectivity index (χ0n) is 15.2. The summed E-state index contributed by atoms with van der Waals surface area (Å²) in [6.45, 7) is 8.46. The molecule has 27 heavy (non-hydrogen) atoms. The van der Waals surface area contributed by atoms with Crippen LogP contribution in [0.5, 0.6) is 11.5 Å². The van der Waals surface area contributed by atoms with E-state index >= 15 is 0 Å². The highest BCUT2D eigenvalue weighted by molar-refractivity contribution is 9.10. The molecule has 2 aromatic carbocycles. The summed E-state index contributed by atoms with van der Waals surface area (Å²) in [6.07, 6.45) is 0. The van der Waals surface area contributed by atoms with Crippen molar-refractivity contribution in [1.29, 1.82) is 0 Å². The van der Waals surface area contributed by atoms with Gasteiger partial charge in [-0.3, -0.25) is 10.1 Å². The van der Waals surface area contributed by atoms with Gasteiger partial charge in [0, 0.05) is 16.2 Å². The van der Waals surface area contributed by atoms with E-state index in [2.05, 4.69) is 33.1 Å². The van der Waals surface area contributed by atoms with Crippen LogP contribution in [0.3, 0.4) is 0 Å². The van der Waals surface area contributed by atoms with Crippen molar-refractivity contribution in [2.24, 2.45) is 0 Å². The molecule has 0 radical (unpaired) electrons. The smallest absolute Gasteiger partial charge is 0.261 e. The molecule has 0 aliphatic carbocycles. The zero-order chi connectivity index (χ0) is 19.8. The van der Waals surface area contributed by atoms with Crippen molar-refractivity contribution in [1.82, 2.24) is 5.32 Å². The first-order valence-corrected chi connectivity index (χ1v) is 9.51. The first-order chi connectivity index (χ1) is 12.9. The molecule has 0 heterocycles. The Balaban J connectivity index is 2.03. The predicted octanol–water partition coefficient (Wildman–Crippen LogP) is 4.93. The third-order valence-electron chi connectivity index (χ3n) is 3.29. The van der Waals surface area contributed by atoms with Crippen LogP contribution in [-0.4, -0.2) is 24.2 Å². The number of nitrogens with one attached hydrogen (secondary N) is 2. The predicted molar refractivity (Wildman–Crippen MR) is 116 cm³/mol. The van der Waals surface area contributed by atoms with Gasteiger partial charge < -0.3 is 14.8 Å². The van der Waals surface area contributed by atoms with Gasteiger partial charge in [0.05, 0.1) is 12.2 Å². The Labute approximate surface area is 172 Å². The molecule has 0 fully saturated rings.